The van der Waals surface area contributed by atoms with E-state index in [4.69, 9.17) is 28.4 Å². The van der Waals surface area contributed by atoms with E-state index in [1.165, 1.54) is 62.4 Å². The SMILES string of the molecule is C=CC(=O)Oc1ccc(-c2cc(OC(=O)C(=C)C)c(-c3ccc(OC(=O)C=C)c(OC(=O)C=C)c3)cc2OC(=O)C(=C)C)cc1OC(=O)C=C. The van der Waals surface area contributed by atoms with Crippen molar-refractivity contribution in [2.45, 2.75) is 13.8 Å². The summed E-state index contributed by atoms with van der Waals surface area (Å²) < 4.78 is 32.4. The van der Waals surface area contributed by atoms with Crippen molar-refractivity contribution < 1.29 is 57.2 Å². The van der Waals surface area contributed by atoms with E-state index < -0.39 is 35.8 Å². The minimum atomic E-state index is -0.881. The van der Waals surface area contributed by atoms with Gasteiger partial charge in [-0.2, -0.15) is 0 Å². The van der Waals surface area contributed by atoms with Crippen molar-refractivity contribution in [3.05, 3.63) is 123 Å². The topological polar surface area (TPSA) is 158 Å². The second-order valence-corrected chi connectivity index (χ2v) is 10.0. The van der Waals surface area contributed by atoms with E-state index in [9.17, 15) is 28.8 Å². The molecule has 0 aliphatic heterocycles. The van der Waals surface area contributed by atoms with E-state index in [0.717, 1.165) is 24.3 Å². The Bertz CT molecular complexity index is 1850. The number of hydrogen-bond donors (Lipinski definition) is 0. The molecule has 50 heavy (non-hydrogen) atoms. The van der Waals surface area contributed by atoms with Crippen LogP contribution in [-0.4, -0.2) is 35.8 Å². The molecule has 0 unspecified atom stereocenters. The molecule has 0 fully saturated rings. The van der Waals surface area contributed by atoms with Gasteiger partial charge in [-0.25, -0.2) is 28.8 Å². The van der Waals surface area contributed by atoms with Crippen LogP contribution in [0, 0.1) is 0 Å². The van der Waals surface area contributed by atoms with Crippen LogP contribution in [0.5, 0.6) is 34.5 Å². The van der Waals surface area contributed by atoms with Crippen LogP contribution in [0.1, 0.15) is 13.8 Å². The van der Waals surface area contributed by atoms with Crippen molar-refractivity contribution >= 4 is 35.8 Å². The van der Waals surface area contributed by atoms with Crippen molar-refractivity contribution in [2.24, 2.45) is 0 Å². The highest BCUT2D eigenvalue weighted by Crippen LogP contribution is 2.45. The van der Waals surface area contributed by atoms with Crippen LogP contribution < -0.4 is 28.4 Å². The molecule has 0 aliphatic rings. The maximum atomic E-state index is 12.9. The van der Waals surface area contributed by atoms with E-state index in [1.807, 2.05) is 0 Å². The lowest BCUT2D eigenvalue weighted by atomic mass is 9.97. The molecule has 0 atom stereocenters. The fraction of sp³-hybridized carbons (Fsp3) is 0.0526. The number of benzene rings is 3. The molecule has 12 nitrogen and oxygen atoms in total. The summed E-state index contributed by atoms with van der Waals surface area (Å²) in [5, 5.41) is 0. The molecule has 0 heterocycles. The summed E-state index contributed by atoms with van der Waals surface area (Å²) in [4.78, 5) is 74.0. The molecule has 0 N–H and O–H groups in total. The number of hydrogen-bond acceptors (Lipinski definition) is 12. The first-order valence-electron chi connectivity index (χ1n) is 14.3. The molecule has 0 spiro atoms. The quantitative estimate of drug-likeness (QED) is 0.106. The second kappa shape index (κ2) is 16.7. The molecule has 0 bridgehead atoms. The predicted molar refractivity (Wildman–Crippen MR) is 182 cm³/mol. The van der Waals surface area contributed by atoms with Crippen LogP contribution in [0.15, 0.2) is 123 Å². The van der Waals surface area contributed by atoms with Gasteiger partial charge in [0.2, 0.25) is 0 Å². The van der Waals surface area contributed by atoms with Gasteiger partial charge in [0.1, 0.15) is 11.5 Å². The Morgan fingerprint density at radius 1 is 0.440 bits per heavy atom. The molecule has 254 valence electrons. The number of rotatable bonds is 14. The maximum absolute atomic E-state index is 12.9. The van der Waals surface area contributed by atoms with Gasteiger partial charge in [-0.05, 0) is 61.4 Å². The Morgan fingerprint density at radius 3 is 1.02 bits per heavy atom. The Hall–Kier alpha value is -7.08. The zero-order valence-corrected chi connectivity index (χ0v) is 27.1. The average Bonchev–Trinajstić information content (AvgIpc) is 3.09. The van der Waals surface area contributed by atoms with Crippen LogP contribution in [0.3, 0.4) is 0 Å². The van der Waals surface area contributed by atoms with Crippen molar-refractivity contribution in [1.29, 1.82) is 0 Å². The predicted octanol–water partition coefficient (Wildman–Crippen LogP) is 6.35. The summed E-state index contributed by atoms with van der Waals surface area (Å²) in [5.74, 6) is -6.06. The lowest BCUT2D eigenvalue weighted by molar-refractivity contribution is -0.131. The van der Waals surface area contributed by atoms with Crippen LogP contribution in [0.2, 0.25) is 0 Å². The molecule has 0 amide bonds. The summed E-state index contributed by atoms with van der Waals surface area (Å²) >= 11 is 0. The highest BCUT2D eigenvalue weighted by atomic mass is 16.6. The summed E-state index contributed by atoms with van der Waals surface area (Å²) in [6, 6.07) is 10.8. The average molecular weight is 679 g/mol. The minimum absolute atomic E-state index is 0.0367. The van der Waals surface area contributed by atoms with E-state index >= 15 is 0 Å². The third-order valence-electron chi connectivity index (χ3n) is 6.20. The molecule has 0 radical (unpaired) electrons. The van der Waals surface area contributed by atoms with Gasteiger partial charge in [0.25, 0.3) is 0 Å². The monoisotopic (exact) mass is 678 g/mol. The normalized spacial score (nSPS) is 9.96. The Labute approximate surface area is 286 Å². The molecule has 0 aliphatic carbocycles. The molecule has 0 saturated carbocycles. The highest BCUT2D eigenvalue weighted by molar-refractivity contribution is 5.95. The molecule has 3 aromatic carbocycles. The van der Waals surface area contributed by atoms with Crippen molar-refractivity contribution in [1.82, 2.24) is 0 Å². The van der Waals surface area contributed by atoms with E-state index in [2.05, 4.69) is 39.5 Å². The second-order valence-electron chi connectivity index (χ2n) is 10.0. The molecular formula is C38H30O12. The summed E-state index contributed by atoms with van der Waals surface area (Å²) in [6.45, 7) is 23.5. The third-order valence-corrected chi connectivity index (χ3v) is 6.20. The Kier molecular flexibility index (Phi) is 12.5. The first-order chi connectivity index (χ1) is 23.7. The van der Waals surface area contributed by atoms with Crippen LogP contribution in [-0.2, 0) is 28.8 Å². The summed E-state index contributed by atoms with van der Waals surface area (Å²) in [5.41, 5.74) is 0.780. The van der Waals surface area contributed by atoms with E-state index in [1.54, 1.807) is 0 Å². The molecule has 3 rings (SSSR count). The first kappa shape index (κ1) is 37.4. The van der Waals surface area contributed by atoms with Gasteiger partial charge in [0.15, 0.2) is 23.0 Å². The van der Waals surface area contributed by atoms with Gasteiger partial charge < -0.3 is 28.4 Å². The maximum Gasteiger partial charge on any atom is 0.338 e. The number of carbonyl (C=O) groups is 6. The van der Waals surface area contributed by atoms with Crippen LogP contribution >= 0.6 is 0 Å². The fourth-order valence-corrected chi connectivity index (χ4v) is 3.83. The number of ether oxygens (including phenoxy) is 6. The zero-order chi connectivity index (χ0) is 37.1. The smallest absolute Gasteiger partial charge is 0.338 e. The molecule has 0 saturated heterocycles. The zero-order valence-electron chi connectivity index (χ0n) is 27.1. The Morgan fingerprint density at radius 2 is 0.740 bits per heavy atom. The fourth-order valence-electron chi connectivity index (χ4n) is 3.83. The minimum Gasteiger partial charge on any atom is -0.423 e. The lowest BCUT2D eigenvalue weighted by Crippen LogP contribution is -2.12. The summed E-state index contributed by atoms with van der Waals surface area (Å²) in [6.07, 6.45) is 3.59. The summed E-state index contributed by atoms with van der Waals surface area (Å²) in [7, 11) is 0. The van der Waals surface area contributed by atoms with Gasteiger partial charge in [0.05, 0.1) is 0 Å². The van der Waals surface area contributed by atoms with Crippen LogP contribution in [0.25, 0.3) is 22.3 Å². The van der Waals surface area contributed by atoms with Gasteiger partial charge >= 0.3 is 35.8 Å². The molecule has 3 aromatic rings. The van der Waals surface area contributed by atoms with Crippen molar-refractivity contribution in [2.75, 3.05) is 0 Å². The van der Waals surface area contributed by atoms with Crippen LogP contribution in [0.4, 0.5) is 0 Å². The van der Waals surface area contributed by atoms with Crippen molar-refractivity contribution in [3.63, 3.8) is 0 Å². The number of esters is 6. The number of carbonyl (C=O) groups excluding carboxylic acids is 6. The van der Waals surface area contributed by atoms with E-state index in [-0.39, 0.29) is 67.9 Å². The largest absolute Gasteiger partial charge is 0.423 e. The van der Waals surface area contributed by atoms with Gasteiger partial charge in [-0.1, -0.05) is 51.6 Å². The first-order valence-corrected chi connectivity index (χ1v) is 14.3. The van der Waals surface area contributed by atoms with Gasteiger partial charge in [-0.15, -0.1) is 0 Å². The molecule has 0 aromatic heterocycles. The highest BCUT2D eigenvalue weighted by Gasteiger charge is 2.23. The molecular weight excluding hydrogens is 648 g/mol. The van der Waals surface area contributed by atoms with Gasteiger partial charge in [-0.3, -0.25) is 0 Å². The van der Waals surface area contributed by atoms with Crippen molar-refractivity contribution in [3.8, 4) is 56.8 Å². The third kappa shape index (κ3) is 9.48. The standard InChI is InChI=1S/C38H30O12/c1-9-33(39)45-27-15-13-23(17-31(27)47-35(41)11-3)25-19-30(50-38(44)22(7)8)26(20-29(25)49-37(43)21(5)6)24-14-16-28(46-34(40)10-2)32(18-24)48-36(42)12-4/h9-20H,1-5,7H2,6,8H3. The van der Waals surface area contributed by atoms with E-state index in [0.29, 0.717) is 0 Å². The lowest BCUT2D eigenvalue weighted by Gasteiger charge is -2.18. The Balaban J connectivity index is 2.40. The molecule has 12 heteroatoms. The van der Waals surface area contributed by atoms with Gasteiger partial charge in [0, 0.05) is 46.6 Å².